The van der Waals surface area contributed by atoms with E-state index < -0.39 is 30.5 Å². The van der Waals surface area contributed by atoms with Crippen LogP contribution in [0, 0.1) is 5.82 Å². The summed E-state index contributed by atoms with van der Waals surface area (Å²) in [6, 6.07) is 2.96. The molecule has 0 atom stereocenters. The number of ether oxygens (including phenoxy) is 1. The molecule has 0 spiro atoms. The lowest BCUT2D eigenvalue weighted by molar-refractivity contribution is 0.0188. The van der Waals surface area contributed by atoms with Crippen molar-refractivity contribution in [1.82, 2.24) is 5.32 Å². The standard InChI is InChI=1S/C11H12F3NO3/c12-7-1-2-8(9(16)5-7)11(17)15-3-4-18-6-10(13)14/h1-2,5,10,16H,3-4,6H2,(H,15,17). The highest BCUT2D eigenvalue weighted by molar-refractivity contribution is 5.96. The molecule has 0 aliphatic rings. The minimum absolute atomic E-state index is 0.0162. The van der Waals surface area contributed by atoms with Gasteiger partial charge < -0.3 is 15.2 Å². The zero-order valence-corrected chi connectivity index (χ0v) is 9.33. The summed E-state index contributed by atoms with van der Waals surface area (Å²) in [7, 11) is 0. The van der Waals surface area contributed by atoms with E-state index in [-0.39, 0.29) is 18.7 Å². The molecule has 1 aromatic carbocycles. The Balaban J connectivity index is 2.36. The Labute approximate surface area is 101 Å². The molecule has 0 radical (unpaired) electrons. The van der Waals surface area contributed by atoms with Crippen LogP contribution in [-0.4, -0.2) is 37.2 Å². The van der Waals surface area contributed by atoms with Crippen LogP contribution in [0.15, 0.2) is 18.2 Å². The number of carbonyl (C=O) groups excluding carboxylic acids is 1. The van der Waals surface area contributed by atoms with Gasteiger partial charge in [-0.25, -0.2) is 13.2 Å². The second kappa shape index (κ2) is 6.85. The van der Waals surface area contributed by atoms with Gasteiger partial charge in [-0.05, 0) is 12.1 Å². The quantitative estimate of drug-likeness (QED) is 0.765. The first-order chi connectivity index (χ1) is 8.50. The van der Waals surface area contributed by atoms with Crippen LogP contribution in [0.4, 0.5) is 13.2 Å². The number of nitrogens with one attached hydrogen (secondary N) is 1. The van der Waals surface area contributed by atoms with Crippen LogP contribution in [0.1, 0.15) is 10.4 Å². The van der Waals surface area contributed by atoms with Crippen molar-refractivity contribution in [1.29, 1.82) is 0 Å². The summed E-state index contributed by atoms with van der Waals surface area (Å²) in [5.41, 5.74) is -0.0924. The van der Waals surface area contributed by atoms with E-state index in [2.05, 4.69) is 10.1 Å². The number of hydrogen-bond acceptors (Lipinski definition) is 3. The van der Waals surface area contributed by atoms with Crippen LogP contribution < -0.4 is 5.32 Å². The van der Waals surface area contributed by atoms with Gasteiger partial charge in [0.1, 0.15) is 18.2 Å². The number of halogens is 3. The third kappa shape index (κ3) is 4.62. The predicted molar refractivity (Wildman–Crippen MR) is 57.2 cm³/mol. The topological polar surface area (TPSA) is 58.6 Å². The number of amides is 1. The molecule has 0 aliphatic carbocycles. The van der Waals surface area contributed by atoms with Crippen molar-refractivity contribution in [3.05, 3.63) is 29.6 Å². The maximum Gasteiger partial charge on any atom is 0.261 e. The summed E-state index contributed by atoms with van der Waals surface area (Å²) in [6.07, 6.45) is -2.55. The molecule has 0 saturated heterocycles. The molecule has 0 fully saturated rings. The van der Waals surface area contributed by atoms with Gasteiger partial charge in [-0.1, -0.05) is 0 Å². The van der Waals surface area contributed by atoms with Gasteiger partial charge in [0.25, 0.3) is 12.3 Å². The van der Waals surface area contributed by atoms with Crippen LogP contribution in [0.25, 0.3) is 0 Å². The second-order valence-electron chi connectivity index (χ2n) is 3.38. The Hall–Kier alpha value is -1.76. The van der Waals surface area contributed by atoms with E-state index in [4.69, 9.17) is 0 Å². The maximum absolute atomic E-state index is 12.7. The molecule has 4 nitrogen and oxygen atoms in total. The first-order valence-electron chi connectivity index (χ1n) is 5.13. The second-order valence-corrected chi connectivity index (χ2v) is 3.38. The number of carbonyl (C=O) groups is 1. The molecule has 1 amide bonds. The lowest BCUT2D eigenvalue weighted by atomic mass is 10.2. The average molecular weight is 263 g/mol. The molecule has 0 aromatic heterocycles. The molecule has 0 unspecified atom stereocenters. The average Bonchev–Trinajstić information content (AvgIpc) is 2.27. The van der Waals surface area contributed by atoms with Crippen LogP contribution in [-0.2, 0) is 4.74 Å². The van der Waals surface area contributed by atoms with Crippen LogP contribution in [0.5, 0.6) is 5.75 Å². The van der Waals surface area contributed by atoms with Gasteiger partial charge in [-0.3, -0.25) is 4.79 Å². The molecule has 0 saturated carbocycles. The van der Waals surface area contributed by atoms with E-state index in [0.29, 0.717) is 0 Å². The van der Waals surface area contributed by atoms with E-state index in [0.717, 1.165) is 18.2 Å². The van der Waals surface area contributed by atoms with Gasteiger partial charge >= 0.3 is 0 Å². The molecule has 2 N–H and O–H groups in total. The molecular formula is C11H12F3NO3. The zero-order chi connectivity index (χ0) is 13.5. The van der Waals surface area contributed by atoms with Crippen LogP contribution in [0.2, 0.25) is 0 Å². The first kappa shape index (κ1) is 14.3. The monoisotopic (exact) mass is 263 g/mol. The predicted octanol–water partition coefficient (Wildman–Crippen LogP) is 1.54. The van der Waals surface area contributed by atoms with E-state index >= 15 is 0 Å². The third-order valence-corrected chi connectivity index (χ3v) is 1.98. The number of benzene rings is 1. The highest BCUT2D eigenvalue weighted by atomic mass is 19.3. The van der Waals surface area contributed by atoms with E-state index in [9.17, 15) is 23.1 Å². The van der Waals surface area contributed by atoms with E-state index in [1.807, 2.05) is 0 Å². The summed E-state index contributed by atoms with van der Waals surface area (Å²) in [5.74, 6) is -1.78. The Bertz CT molecular complexity index is 413. The Morgan fingerprint density at radius 2 is 2.17 bits per heavy atom. The van der Waals surface area contributed by atoms with E-state index in [1.54, 1.807) is 0 Å². The van der Waals surface area contributed by atoms with E-state index in [1.165, 1.54) is 0 Å². The number of phenols is 1. The molecule has 1 rings (SSSR count). The minimum atomic E-state index is -2.55. The largest absolute Gasteiger partial charge is 0.507 e. The molecule has 0 heterocycles. The molecule has 7 heteroatoms. The van der Waals surface area contributed by atoms with Gasteiger partial charge in [0.15, 0.2) is 0 Å². The molecule has 0 bridgehead atoms. The smallest absolute Gasteiger partial charge is 0.261 e. The van der Waals surface area contributed by atoms with Gasteiger partial charge in [0, 0.05) is 12.6 Å². The number of hydrogen-bond donors (Lipinski definition) is 2. The van der Waals surface area contributed by atoms with Gasteiger partial charge in [-0.2, -0.15) is 0 Å². The number of aromatic hydroxyl groups is 1. The van der Waals surface area contributed by atoms with Crippen molar-refractivity contribution in [3.8, 4) is 5.75 Å². The maximum atomic E-state index is 12.7. The summed E-state index contributed by atoms with van der Waals surface area (Å²) in [5, 5.41) is 11.6. The fraction of sp³-hybridized carbons (Fsp3) is 0.364. The summed E-state index contributed by atoms with van der Waals surface area (Å²) in [4.78, 5) is 11.5. The lowest BCUT2D eigenvalue weighted by Gasteiger charge is -2.07. The Kier molecular flexibility index (Phi) is 5.44. The fourth-order valence-electron chi connectivity index (χ4n) is 1.20. The Morgan fingerprint density at radius 1 is 1.44 bits per heavy atom. The normalized spacial score (nSPS) is 10.7. The minimum Gasteiger partial charge on any atom is -0.507 e. The summed E-state index contributed by atoms with van der Waals surface area (Å²) < 4.78 is 40.6. The molecule has 18 heavy (non-hydrogen) atoms. The highest BCUT2D eigenvalue weighted by Gasteiger charge is 2.11. The van der Waals surface area contributed by atoms with Crippen molar-refractivity contribution in [2.24, 2.45) is 0 Å². The van der Waals surface area contributed by atoms with Crippen LogP contribution in [0.3, 0.4) is 0 Å². The van der Waals surface area contributed by atoms with Gasteiger partial charge in [0.05, 0.1) is 12.2 Å². The SMILES string of the molecule is O=C(NCCOCC(F)F)c1ccc(F)cc1O. The number of phenolic OH excluding ortho intramolecular Hbond substituents is 1. The van der Waals surface area contributed by atoms with Gasteiger partial charge in [0.2, 0.25) is 0 Å². The fourth-order valence-corrected chi connectivity index (χ4v) is 1.20. The van der Waals surface area contributed by atoms with Crippen LogP contribution >= 0.6 is 0 Å². The lowest BCUT2D eigenvalue weighted by Crippen LogP contribution is -2.27. The number of alkyl halides is 2. The molecule has 100 valence electrons. The summed E-state index contributed by atoms with van der Waals surface area (Å²) in [6.45, 7) is -0.752. The highest BCUT2D eigenvalue weighted by Crippen LogP contribution is 2.17. The van der Waals surface area contributed by atoms with Crippen molar-refractivity contribution < 1.29 is 27.8 Å². The number of rotatable bonds is 6. The van der Waals surface area contributed by atoms with Crippen molar-refractivity contribution >= 4 is 5.91 Å². The Morgan fingerprint density at radius 3 is 2.78 bits per heavy atom. The first-order valence-corrected chi connectivity index (χ1v) is 5.13. The van der Waals surface area contributed by atoms with Crippen molar-refractivity contribution in [3.63, 3.8) is 0 Å². The van der Waals surface area contributed by atoms with Crippen molar-refractivity contribution in [2.75, 3.05) is 19.8 Å². The summed E-state index contributed by atoms with van der Waals surface area (Å²) >= 11 is 0. The molecular weight excluding hydrogens is 251 g/mol. The van der Waals surface area contributed by atoms with Crippen molar-refractivity contribution in [2.45, 2.75) is 6.43 Å². The van der Waals surface area contributed by atoms with Gasteiger partial charge in [-0.15, -0.1) is 0 Å². The third-order valence-electron chi connectivity index (χ3n) is 1.98. The molecule has 0 aliphatic heterocycles. The zero-order valence-electron chi connectivity index (χ0n) is 9.33. The molecule has 1 aromatic rings.